The molecule has 1 aliphatic heterocycles. The molecule has 8 heteroatoms. The van der Waals surface area contributed by atoms with Crippen molar-refractivity contribution < 1.29 is 13.6 Å². The first kappa shape index (κ1) is 18.8. The van der Waals surface area contributed by atoms with Gasteiger partial charge in [0.05, 0.1) is 11.9 Å². The molecule has 0 saturated carbocycles. The molecule has 1 N–H and O–H groups in total. The summed E-state index contributed by atoms with van der Waals surface area (Å²) in [7, 11) is 0. The summed E-state index contributed by atoms with van der Waals surface area (Å²) in [5.41, 5.74) is 3.40. The second-order valence-electron chi connectivity index (χ2n) is 6.83. The molecule has 0 saturated heterocycles. The first-order chi connectivity index (χ1) is 14.0. The van der Waals surface area contributed by atoms with Gasteiger partial charge in [0, 0.05) is 48.6 Å². The summed E-state index contributed by atoms with van der Waals surface area (Å²) >= 11 is 0. The van der Waals surface area contributed by atoms with Gasteiger partial charge in [-0.2, -0.15) is 10.2 Å². The van der Waals surface area contributed by atoms with Crippen molar-refractivity contribution in [2.75, 3.05) is 11.6 Å². The predicted octanol–water partition coefficient (Wildman–Crippen LogP) is 3.67. The van der Waals surface area contributed by atoms with E-state index in [1.54, 1.807) is 18.3 Å². The number of nitrogens with one attached hydrogen (secondary N) is 1. The summed E-state index contributed by atoms with van der Waals surface area (Å²) in [4.78, 5) is 12.4. The summed E-state index contributed by atoms with van der Waals surface area (Å²) in [6.07, 6.45) is 4.06. The molecule has 1 aromatic heterocycles. The van der Waals surface area contributed by atoms with Crippen molar-refractivity contribution in [2.45, 2.75) is 19.9 Å². The molecule has 6 nitrogen and oxygen atoms in total. The van der Waals surface area contributed by atoms with Crippen molar-refractivity contribution in [2.24, 2.45) is 5.10 Å². The van der Waals surface area contributed by atoms with Crippen molar-refractivity contribution >= 4 is 17.3 Å². The van der Waals surface area contributed by atoms with Crippen molar-refractivity contribution in [3.8, 4) is 5.69 Å². The minimum atomic E-state index is -0.707. The first-order valence-corrected chi connectivity index (χ1v) is 9.18. The van der Waals surface area contributed by atoms with Gasteiger partial charge in [0.1, 0.15) is 11.5 Å². The highest BCUT2D eigenvalue weighted by Crippen LogP contribution is 2.20. The average Bonchev–Trinajstić information content (AvgIpc) is 3.35. The molecule has 0 bridgehead atoms. The highest BCUT2D eigenvalue weighted by Gasteiger charge is 2.14. The van der Waals surface area contributed by atoms with E-state index in [1.165, 1.54) is 23.0 Å². The van der Waals surface area contributed by atoms with Crippen LogP contribution in [0, 0.1) is 11.6 Å². The lowest BCUT2D eigenvalue weighted by Crippen LogP contribution is -2.22. The Bertz CT molecular complexity index is 1070. The molecular weight excluding hydrogens is 376 g/mol. The molecule has 0 unspecified atom stereocenters. The molecule has 2 heterocycles. The third kappa shape index (κ3) is 4.16. The lowest BCUT2D eigenvalue weighted by Gasteiger charge is -2.13. The number of halogens is 2. The van der Waals surface area contributed by atoms with Gasteiger partial charge in [0.25, 0.3) is 5.91 Å². The number of nitrogens with zero attached hydrogens (tertiary/aromatic N) is 4. The van der Waals surface area contributed by atoms with Crippen LogP contribution >= 0.6 is 0 Å². The summed E-state index contributed by atoms with van der Waals surface area (Å²) < 4.78 is 28.2. The number of anilines is 1. The standard InChI is InChI=1S/C21H19F2N5O/c1-14-8-9-27(26-14)18-5-2-16(3-6-18)21(29)24-11-15-12-25-28(13-15)20-7-4-17(22)10-19(20)23/h2-7,10,12-13H,8-9,11H2,1H3,(H,24,29). The van der Waals surface area contributed by atoms with E-state index in [2.05, 4.69) is 15.5 Å². The molecule has 0 spiro atoms. The van der Waals surface area contributed by atoms with Crippen LogP contribution in [0.4, 0.5) is 14.5 Å². The van der Waals surface area contributed by atoms with E-state index in [0.717, 1.165) is 30.4 Å². The Hall–Kier alpha value is -3.55. The Morgan fingerprint density at radius 1 is 1.17 bits per heavy atom. The topological polar surface area (TPSA) is 62.5 Å². The zero-order valence-corrected chi connectivity index (χ0v) is 15.8. The van der Waals surface area contributed by atoms with Gasteiger partial charge in [-0.05, 0) is 43.3 Å². The molecule has 3 aromatic rings. The largest absolute Gasteiger partial charge is 0.348 e. The van der Waals surface area contributed by atoms with Gasteiger partial charge < -0.3 is 5.32 Å². The maximum Gasteiger partial charge on any atom is 0.251 e. The number of aromatic nitrogens is 2. The fourth-order valence-electron chi connectivity index (χ4n) is 3.08. The highest BCUT2D eigenvalue weighted by molar-refractivity contribution is 5.94. The van der Waals surface area contributed by atoms with Crippen LogP contribution in [0.15, 0.2) is 60.0 Å². The van der Waals surface area contributed by atoms with Gasteiger partial charge in [0.15, 0.2) is 5.82 Å². The van der Waals surface area contributed by atoms with Crippen LogP contribution in [0.3, 0.4) is 0 Å². The Morgan fingerprint density at radius 2 is 1.97 bits per heavy atom. The van der Waals surface area contributed by atoms with E-state index in [1.807, 2.05) is 24.1 Å². The third-order valence-electron chi connectivity index (χ3n) is 4.65. The van der Waals surface area contributed by atoms with Crippen LogP contribution in [0.2, 0.25) is 0 Å². The molecule has 148 valence electrons. The van der Waals surface area contributed by atoms with Gasteiger partial charge in [-0.25, -0.2) is 13.5 Å². The lowest BCUT2D eigenvalue weighted by molar-refractivity contribution is 0.0951. The Labute approximate surface area is 166 Å². The summed E-state index contributed by atoms with van der Waals surface area (Å²) in [5.74, 6) is -1.58. The Morgan fingerprint density at radius 3 is 2.66 bits per heavy atom. The molecule has 0 atom stereocenters. The van der Waals surface area contributed by atoms with E-state index in [0.29, 0.717) is 11.1 Å². The molecule has 0 radical (unpaired) electrons. The number of rotatable bonds is 5. The van der Waals surface area contributed by atoms with E-state index in [-0.39, 0.29) is 18.1 Å². The van der Waals surface area contributed by atoms with Crippen LogP contribution in [0.25, 0.3) is 5.69 Å². The second kappa shape index (κ2) is 7.83. The van der Waals surface area contributed by atoms with Gasteiger partial charge in [-0.3, -0.25) is 9.80 Å². The van der Waals surface area contributed by atoms with Crippen LogP contribution < -0.4 is 10.3 Å². The van der Waals surface area contributed by atoms with Crippen molar-refractivity contribution in [1.29, 1.82) is 0 Å². The Kier molecular flexibility index (Phi) is 5.07. The van der Waals surface area contributed by atoms with E-state index >= 15 is 0 Å². The zero-order valence-electron chi connectivity index (χ0n) is 15.8. The second-order valence-corrected chi connectivity index (χ2v) is 6.83. The molecule has 29 heavy (non-hydrogen) atoms. The summed E-state index contributed by atoms with van der Waals surface area (Å²) in [6.45, 7) is 3.07. The molecule has 1 amide bonds. The highest BCUT2D eigenvalue weighted by atomic mass is 19.1. The molecular formula is C21H19F2N5O. The van der Waals surface area contributed by atoms with Gasteiger partial charge in [-0.1, -0.05) is 0 Å². The first-order valence-electron chi connectivity index (χ1n) is 9.18. The number of amides is 1. The number of benzene rings is 2. The SMILES string of the molecule is CC1=NN(c2ccc(C(=O)NCc3cnn(-c4ccc(F)cc4F)c3)cc2)CC1. The summed E-state index contributed by atoms with van der Waals surface area (Å²) in [6, 6.07) is 10.5. The number of hydrogen-bond donors (Lipinski definition) is 1. The fourth-order valence-corrected chi connectivity index (χ4v) is 3.08. The fraction of sp³-hybridized carbons (Fsp3) is 0.190. The number of hydrogen-bond acceptors (Lipinski definition) is 4. The van der Waals surface area contributed by atoms with E-state index in [4.69, 9.17) is 0 Å². The maximum atomic E-state index is 13.9. The predicted molar refractivity (Wildman–Crippen MR) is 106 cm³/mol. The van der Waals surface area contributed by atoms with Crippen LogP contribution in [0.1, 0.15) is 29.3 Å². The summed E-state index contributed by atoms with van der Waals surface area (Å²) in [5, 5.41) is 13.2. The number of hydrazone groups is 1. The maximum absolute atomic E-state index is 13.9. The van der Waals surface area contributed by atoms with Gasteiger partial charge in [0.2, 0.25) is 0 Å². The number of carbonyl (C=O) groups is 1. The monoisotopic (exact) mass is 395 g/mol. The average molecular weight is 395 g/mol. The molecule has 0 aliphatic carbocycles. The van der Waals surface area contributed by atoms with E-state index in [9.17, 15) is 13.6 Å². The van der Waals surface area contributed by atoms with Crippen molar-refractivity contribution in [3.05, 3.63) is 77.6 Å². The van der Waals surface area contributed by atoms with Crippen LogP contribution in [-0.2, 0) is 6.54 Å². The van der Waals surface area contributed by atoms with Crippen molar-refractivity contribution in [3.63, 3.8) is 0 Å². The van der Waals surface area contributed by atoms with E-state index < -0.39 is 11.6 Å². The smallest absolute Gasteiger partial charge is 0.251 e. The van der Waals surface area contributed by atoms with Gasteiger partial charge >= 0.3 is 0 Å². The molecule has 0 fully saturated rings. The third-order valence-corrected chi connectivity index (χ3v) is 4.65. The van der Waals surface area contributed by atoms with Crippen LogP contribution in [-0.4, -0.2) is 27.9 Å². The number of carbonyl (C=O) groups excluding carboxylic acids is 1. The normalized spacial score (nSPS) is 13.5. The van der Waals surface area contributed by atoms with Crippen LogP contribution in [0.5, 0.6) is 0 Å². The molecule has 2 aromatic carbocycles. The minimum absolute atomic E-state index is 0.138. The molecule has 4 rings (SSSR count). The Balaban J connectivity index is 1.38. The van der Waals surface area contributed by atoms with Gasteiger partial charge in [-0.15, -0.1) is 0 Å². The quantitative estimate of drug-likeness (QED) is 0.717. The lowest BCUT2D eigenvalue weighted by atomic mass is 10.2. The molecule has 1 aliphatic rings. The zero-order chi connectivity index (χ0) is 20.4. The minimum Gasteiger partial charge on any atom is -0.348 e. The van der Waals surface area contributed by atoms with Crippen molar-refractivity contribution in [1.82, 2.24) is 15.1 Å².